The van der Waals surface area contributed by atoms with E-state index in [0.717, 1.165) is 16.8 Å². The molecule has 9 heteroatoms. The fourth-order valence-electron chi connectivity index (χ4n) is 4.39. The predicted octanol–water partition coefficient (Wildman–Crippen LogP) is 3.86. The maximum absolute atomic E-state index is 13.5. The third-order valence-electron chi connectivity index (χ3n) is 6.18. The predicted molar refractivity (Wildman–Crippen MR) is 137 cm³/mol. The standard InChI is InChI=1S/C27H29N5O4/c1-15-10-16(2)30-26(34)19(15)13-28-25(33)18-12-21(17-6-7-22-23(11-17)36-9-8-35-22)31-24-20(18)14-29-32(24)27(3,4)5/h6-7,10-12,14H,8-9,13H2,1-5H3,(H,28,33)(H,30,34). The van der Waals surface area contributed by atoms with E-state index in [1.807, 2.05) is 63.6 Å². The first-order valence-corrected chi connectivity index (χ1v) is 11.9. The summed E-state index contributed by atoms with van der Waals surface area (Å²) in [4.78, 5) is 33.6. The van der Waals surface area contributed by atoms with Crippen LogP contribution in [0.1, 0.15) is 48.0 Å². The van der Waals surface area contributed by atoms with Gasteiger partial charge in [-0.25, -0.2) is 9.67 Å². The Bertz CT molecular complexity index is 1540. The summed E-state index contributed by atoms with van der Waals surface area (Å²) in [7, 11) is 0. The molecule has 36 heavy (non-hydrogen) atoms. The first-order chi connectivity index (χ1) is 17.1. The first-order valence-electron chi connectivity index (χ1n) is 11.9. The Morgan fingerprint density at radius 3 is 2.58 bits per heavy atom. The topological polar surface area (TPSA) is 111 Å². The smallest absolute Gasteiger partial charge is 0.253 e. The molecule has 186 valence electrons. The van der Waals surface area contributed by atoms with Crippen molar-refractivity contribution in [3.63, 3.8) is 0 Å². The Balaban J connectivity index is 1.58. The van der Waals surface area contributed by atoms with Gasteiger partial charge in [0, 0.05) is 23.4 Å². The molecule has 0 fully saturated rings. The molecule has 5 rings (SSSR count). The molecule has 0 saturated carbocycles. The van der Waals surface area contributed by atoms with Crippen LogP contribution in [0.4, 0.5) is 0 Å². The highest BCUT2D eigenvalue weighted by molar-refractivity contribution is 6.06. The minimum atomic E-state index is -0.347. The second-order valence-electron chi connectivity index (χ2n) is 10.0. The second-order valence-corrected chi connectivity index (χ2v) is 10.0. The SMILES string of the molecule is Cc1cc(C)c(CNC(=O)c2cc(-c3ccc4c(c3)OCCO4)nc3c2cnn3C(C)(C)C)c(=O)[nH]1. The van der Waals surface area contributed by atoms with Gasteiger partial charge in [0.05, 0.1) is 28.4 Å². The number of amides is 1. The Kier molecular flexibility index (Phi) is 5.78. The van der Waals surface area contributed by atoms with E-state index in [-0.39, 0.29) is 23.6 Å². The van der Waals surface area contributed by atoms with Crippen LogP contribution in [0.25, 0.3) is 22.3 Å². The zero-order valence-electron chi connectivity index (χ0n) is 21.1. The molecule has 4 heterocycles. The molecule has 4 aromatic rings. The highest BCUT2D eigenvalue weighted by atomic mass is 16.6. The fourth-order valence-corrected chi connectivity index (χ4v) is 4.39. The van der Waals surface area contributed by atoms with Gasteiger partial charge in [-0.1, -0.05) is 0 Å². The Hall–Kier alpha value is -4.14. The van der Waals surface area contributed by atoms with Crippen molar-refractivity contribution in [2.75, 3.05) is 13.2 Å². The number of nitrogens with one attached hydrogen (secondary N) is 2. The number of carbonyl (C=O) groups is 1. The molecule has 2 N–H and O–H groups in total. The number of aromatic nitrogens is 4. The van der Waals surface area contributed by atoms with E-state index >= 15 is 0 Å². The lowest BCUT2D eigenvalue weighted by Gasteiger charge is -2.21. The van der Waals surface area contributed by atoms with Crippen LogP contribution in [0.3, 0.4) is 0 Å². The van der Waals surface area contributed by atoms with Crippen LogP contribution in [-0.4, -0.2) is 38.9 Å². The summed E-state index contributed by atoms with van der Waals surface area (Å²) in [6.45, 7) is 10.9. The number of H-pyrrole nitrogens is 1. The summed E-state index contributed by atoms with van der Waals surface area (Å²) in [6.07, 6.45) is 1.67. The molecule has 1 aliphatic rings. The number of fused-ring (bicyclic) bond motifs is 2. The molecule has 1 aromatic carbocycles. The minimum absolute atomic E-state index is 0.108. The Morgan fingerprint density at radius 1 is 1.11 bits per heavy atom. The number of hydrogen-bond donors (Lipinski definition) is 2. The molecule has 0 saturated heterocycles. The molecule has 0 bridgehead atoms. The van der Waals surface area contributed by atoms with Crippen molar-refractivity contribution >= 4 is 16.9 Å². The van der Waals surface area contributed by atoms with Gasteiger partial charge in [-0.3, -0.25) is 9.59 Å². The van der Waals surface area contributed by atoms with Gasteiger partial charge >= 0.3 is 0 Å². The summed E-state index contributed by atoms with van der Waals surface area (Å²) < 4.78 is 13.2. The minimum Gasteiger partial charge on any atom is -0.486 e. The zero-order valence-corrected chi connectivity index (χ0v) is 21.1. The largest absolute Gasteiger partial charge is 0.486 e. The lowest BCUT2D eigenvalue weighted by Crippen LogP contribution is -2.28. The quantitative estimate of drug-likeness (QED) is 0.452. The second kappa shape index (κ2) is 8.82. The number of aromatic amines is 1. The average molecular weight is 488 g/mol. The molecular weight excluding hydrogens is 458 g/mol. The normalized spacial score (nSPS) is 13.1. The lowest BCUT2D eigenvalue weighted by molar-refractivity contribution is 0.0952. The van der Waals surface area contributed by atoms with Crippen molar-refractivity contribution in [3.05, 3.63) is 69.3 Å². The van der Waals surface area contributed by atoms with Crippen molar-refractivity contribution in [1.82, 2.24) is 25.1 Å². The van der Waals surface area contributed by atoms with Gasteiger partial charge in [-0.05, 0) is 70.5 Å². The number of nitrogens with zero attached hydrogens (tertiary/aromatic N) is 3. The van der Waals surface area contributed by atoms with Crippen LogP contribution < -0.4 is 20.3 Å². The van der Waals surface area contributed by atoms with E-state index in [9.17, 15) is 9.59 Å². The Morgan fingerprint density at radius 2 is 1.86 bits per heavy atom. The van der Waals surface area contributed by atoms with Crippen molar-refractivity contribution in [3.8, 4) is 22.8 Å². The van der Waals surface area contributed by atoms with Gasteiger partial charge in [0.2, 0.25) is 0 Å². The summed E-state index contributed by atoms with van der Waals surface area (Å²) in [6, 6.07) is 9.27. The number of hydrogen-bond acceptors (Lipinski definition) is 6. The van der Waals surface area contributed by atoms with E-state index in [1.54, 1.807) is 12.3 Å². The summed E-state index contributed by atoms with van der Waals surface area (Å²) in [5, 5.41) is 8.10. The number of rotatable bonds is 4. The monoisotopic (exact) mass is 487 g/mol. The van der Waals surface area contributed by atoms with Crippen LogP contribution in [0, 0.1) is 13.8 Å². The van der Waals surface area contributed by atoms with E-state index in [1.165, 1.54) is 0 Å². The molecule has 1 aliphatic heterocycles. The zero-order chi connectivity index (χ0) is 25.6. The number of aryl methyl sites for hydroxylation is 2. The molecule has 1 amide bonds. The van der Waals surface area contributed by atoms with Crippen molar-refractivity contribution in [1.29, 1.82) is 0 Å². The van der Waals surface area contributed by atoms with Gasteiger partial charge in [0.1, 0.15) is 13.2 Å². The molecule has 0 aliphatic carbocycles. The lowest BCUT2D eigenvalue weighted by atomic mass is 10.0. The van der Waals surface area contributed by atoms with Crippen LogP contribution in [0.5, 0.6) is 11.5 Å². The molecule has 0 unspecified atom stereocenters. The van der Waals surface area contributed by atoms with Crippen molar-refractivity contribution < 1.29 is 14.3 Å². The van der Waals surface area contributed by atoms with E-state index in [4.69, 9.17) is 14.5 Å². The molecule has 9 nitrogen and oxygen atoms in total. The maximum atomic E-state index is 13.5. The van der Waals surface area contributed by atoms with Crippen molar-refractivity contribution in [2.24, 2.45) is 0 Å². The third kappa shape index (κ3) is 4.32. The molecule has 3 aromatic heterocycles. The van der Waals surface area contributed by atoms with Gasteiger partial charge in [-0.2, -0.15) is 5.10 Å². The highest BCUT2D eigenvalue weighted by Crippen LogP contribution is 2.35. The summed E-state index contributed by atoms with van der Waals surface area (Å²) >= 11 is 0. The molecule has 0 spiro atoms. The van der Waals surface area contributed by atoms with Crippen LogP contribution in [-0.2, 0) is 12.1 Å². The van der Waals surface area contributed by atoms with Crippen LogP contribution >= 0.6 is 0 Å². The highest BCUT2D eigenvalue weighted by Gasteiger charge is 2.23. The number of benzene rings is 1. The van der Waals surface area contributed by atoms with E-state index < -0.39 is 0 Å². The van der Waals surface area contributed by atoms with Crippen molar-refractivity contribution in [2.45, 2.75) is 46.7 Å². The summed E-state index contributed by atoms with van der Waals surface area (Å²) in [5.41, 5.74) is 4.02. The molecular formula is C27H29N5O4. The Labute approximate surface area is 208 Å². The van der Waals surface area contributed by atoms with Crippen LogP contribution in [0.2, 0.25) is 0 Å². The van der Waals surface area contributed by atoms with Gasteiger partial charge in [-0.15, -0.1) is 0 Å². The summed E-state index contributed by atoms with van der Waals surface area (Å²) in [5.74, 6) is 1.02. The third-order valence-corrected chi connectivity index (χ3v) is 6.18. The van der Waals surface area contributed by atoms with Gasteiger partial charge in [0.25, 0.3) is 11.5 Å². The van der Waals surface area contributed by atoms with Crippen LogP contribution in [0.15, 0.2) is 41.3 Å². The van der Waals surface area contributed by atoms with Gasteiger partial charge < -0.3 is 19.8 Å². The number of pyridine rings is 2. The fraction of sp³-hybridized carbons (Fsp3) is 0.333. The average Bonchev–Trinajstić information content (AvgIpc) is 3.27. The van der Waals surface area contributed by atoms with Gasteiger partial charge in [0.15, 0.2) is 17.1 Å². The maximum Gasteiger partial charge on any atom is 0.253 e. The molecule has 0 radical (unpaired) electrons. The van der Waals surface area contributed by atoms with E-state index in [0.29, 0.717) is 52.6 Å². The van der Waals surface area contributed by atoms with E-state index in [2.05, 4.69) is 15.4 Å². The molecule has 0 atom stereocenters. The first kappa shape index (κ1) is 23.6. The number of ether oxygens (including phenoxy) is 2. The number of carbonyl (C=O) groups excluding carboxylic acids is 1.